The van der Waals surface area contributed by atoms with Gasteiger partial charge in [-0.2, -0.15) is 0 Å². The van der Waals surface area contributed by atoms with Crippen molar-refractivity contribution in [2.75, 3.05) is 0 Å². The Bertz CT molecular complexity index is 117. The number of oxime groups is 1. The monoisotopic (exact) mass is 309 g/mol. The van der Waals surface area contributed by atoms with E-state index < -0.39 is 0 Å². The van der Waals surface area contributed by atoms with E-state index in [4.69, 9.17) is 0 Å². The zero-order chi connectivity index (χ0) is 7.33. The van der Waals surface area contributed by atoms with Crippen molar-refractivity contribution >= 4 is 6.21 Å². The van der Waals surface area contributed by atoms with E-state index in [2.05, 4.69) is 13.8 Å². The Labute approximate surface area is 66.2 Å². The summed E-state index contributed by atoms with van der Waals surface area (Å²) in [4.78, 5) is 4.39. The van der Waals surface area contributed by atoms with Crippen LogP contribution in [0.15, 0.2) is 8.81 Å². The Kier molecular flexibility index (Phi) is 3.87. The van der Waals surface area contributed by atoms with Gasteiger partial charge in [0.2, 0.25) is 0 Å². The third kappa shape index (κ3) is 7.96. The van der Waals surface area contributed by atoms with Crippen molar-refractivity contribution < 1.29 is 24.6 Å². The Morgan fingerprint density at radius 3 is 2.33 bits per heavy atom. The molecule has 0 unspecified atom stereocenters. The molecule has 0 aromatic heterocycles. The van der Waals surface area contributed by atoms with Crippen LogP contribution in [0.1, 0.15) is 20.8 Å². The molecule has 0 aromatic rings. The van der Waals surface area contributed by atoms with Crippen LogP contribution in [0.25, 0.3) is 0 Å². The molecule has 0 aliphatic heterocycles. The normalized spacial score (nSPS) is 12.1. The van der Waals surface area contributed by atoms with Gasteiger partial charge in [0.05, 0.1) is 0 Å². The Morgan fingerprint density at radius 2 is 2.00 bits per heavy atom. The molecule has 0 aromatic carbocycles. The van der Waals surface area contributed by atoms with Crippen molar-refractivity contribution in [3.8, 4) is 0 Å². The third-order valence-corrected chi connectivity index (χ3v) is 0.698. The second-order valence-electron chi connectivity index (χ2n) is 2.74. The molecule has 0 saturated heterocycles. The van der Waals surface area contributed by atoms with E-state index >= 15 is 0 Å². The van der Waals surface area contributed by atoms with Gasteiger partial charge in [0.15, 0.2) is 0 Å². The van der Waals surface area contributed by atoms with Crippen molar-refractivity contribution in [3.63, 3.8) is 0 Å². The first-order valence-corrected chi connectivity index (χ1v) is 3.57. The molecule has 0 amide bonds. The molecular formula is C5H10N2OPt. The summed E-state index contributed by atoms with van der Waals surface area (Å²) in [6.45, 7) is 6.10. The van der Waals surface area contributed by atoms with Crippen LogP contribution in [0.4, 0.5) is 0 Å². The van der Waals surface area contributed by atoms with Crippen LogP contribution in [0.2, 0.25) is 0 Å². The minimum atomic E-state index is 0.0710. The van der Waals surface area contributed by atoms with Gasteiger partial charge in [0.25, 0.3) is 0 Å². The van der Waals surface area contributed by atoms with Crippen LogP contribution < -0.4 is 0 Å². The summed E-state index contributed by atoms with van der Waals surface area (Å²) < 4.78 is 3.31. The van der Waals surface area contributed by atoms with E-state index in [1.165, 1.54) is 0 Å². The first-order chi connectivity index (χ1) is 4.06. The first kappa shape index (κ1) is 8.96. The molecule has 0 spiro atoms. The maximum absolute atomic E-state index is 4.39. The molecule has 0 atom stereocenters. The molecular weight excluding hydrogens is 299 g/mol. The molecule has 9 heavy (non-hydrogen) atoms. The average molecular weight is 309 g/mol. The molecule has 0 saturated carbocycles. The molecule has 3 nitrogen and oxygen atoms in total. The fourth-order valence-corrected chi connectivity index (χ4v) is 0.304. The predicted octanol–water partition coefficient (Wildman–Crippen LogP) is 1.68. The summed E-state index contributed by atoms with van der Waals surface area (Å²) in [5.41, 5.74) is 0.0710. The zero-order valence-electron chi connectivity index (χ0n) is 5.70. The minimum absolute atomic E-state index is 0.0710. The van der Waals surface area contributed by atoms with Gasteiger partial charge >= 0.3 is 65.8 Å². The van der Waals surface area contributed by atoms with Crippen LogP contribution in [-0.2, 0) is 24.6 Å². The van der Waals surface area contributed by atoms with Gasteiger partial charge in [-0.15, -0.1) is 0 Å². The van der Waals surface area contributed by atoms with Crippen molar-refractivity contribution in [1.29, 1.82) is 0 Å². The van der Waals surface area contributed by atoms with Gasteiger partial charge < -0.3 is 0 Å². The molecule has 0 aliphatic rings. The fraction of sp³-hybridized carbons (Fsp3) is 0.800. The number of nitrogens with zero attached hydrogens (tertiary/aromatic N) is 2. The second kappa shape index (κ2) is 3.89. The Balaban J connectivity index is 3.57. The van der Waals surface area contributed by atoms with Crippen LogP contribution in [0.3, 0.4) is 0 Å². The van der Waals surface area contributed by atoms with Gasteiger partial charge in [0, 0.05) is 0 Å². The van der Waals surface area contributed by atoms with Crippen molar-refractivity contribution in [2.24, 2.45) is 14.2 Å². The van der Waals surface area contributed by atoms with Crippen molar-refractivity contribution in [2.45, 2.75) is 20.8 Å². The molecule has 4 heteroatoms. The number of hydrogen-bond donors (Lipinski definition) is 0. The molecule has 0 radical (unpaired) electrons. The van der Waals surface area contributed by atoms with Crippen LogP contribution in [0.5, 0.6) is 0 Å². The maximum atomic E-state index is 4.39. The molecule has 0 bridgehead atoms. The summed E-state index contributed by atoms with van der Waals surface area (Å²) in [6, 6.07) is 0. The third-order valence-electron chi connectivity index (χ3n) is 0.513. The Hall–Kier alpha value is -0.0417. The van der Waals surface area contributed by atoms with Gasteiger partial charge in [-0.1, -0.05) is 0 Å². The van der Waals surface area contributed by atoms with Gasteiger partial charge in [0.1, 0.15) is 0 Å². The van der Waals surface area contributed by atoms with E-state index in [9.17, 15) is 0 Å². The van der Waals surface area contributed by atoms with Crippen LogP contribution in [-0.4, -0.2) is 6.21 Å². The van der Waals surface area contributed by atoms with E-state index in [1.807, 2.05) is 20.8 Å². The standard InChI is InChI=1S/C5H10N2O.Pt/c1-5(2,3)4-7-8-6;/h4H,1-3H3;/b7-4+;. The molecule has 0 N–H and O–H groups in total. The summed E-state index contributed by atoms with van der Waals surface area (Å²) in [7, 11) is 0. The molecule has 0 rings (SSSR count). The van der Waals surface area contributed by atoms with Crippen LogP contribution >= 0.6 is 0 Å². The molecule has 0 aliphatic carbocycles. The van der Waals surface area contributed by atoms with E-state index in [0.29, 0.717) is 0 Å². The van der Waals surface area contributed by atoms with Crippen molar-refractivity contribution in [3.05, 3.63) is 0 Å². The van der Waals surface area contributed by atoms with Gasteiger partial charge in [-0.3, -0.25) is 0 Å². The van der Waals surface area contributed by atoms with Crippen LogP contribution in [0, 0.1) is 5.41 Å². The first-order valence-electron chi connectivity index (χ1n) is 2.55. The second-order valence-corrected chi connectivity index (χ2v) is 3.15. The predicted molar refractivity (Wildman–Crippen MR) is 31.5 cm³/mol. The summed E-state index contributed by atoms with van der Waals surface area (Å²) in [5, 5.41) is 3.56. The fourth-order valence-electron chi connectivity index (χ4n) is 0.197. The quantitative estimate of drug-likeness (QED) is 0.564. The Morgan fingerprint density at radius 1 is 1.44 bits per heavy atom. The van der Waals surface area contributed by atoms with Gasteiger partial charge in [-0.25, -0.2) is 0 Å². The average Bonchev–Trinajstić information content (AvgIpc) is 1.63. The van der Waals surface area contributed by atoms with E-state index in [1.54, 1.807) is 25.8 Å². The van der Waals surface area contributed by atoms with E-state index in [0.717, 1.165) is 0 Å². The van der Waals surface area contributed by atoms with Gasteiger partial charge in [-0.05, 0) is 0 Å². The SMILES string of the molecule is CC(C)(C)/C=N/O[N]=[Pt]. The zero-order valence-corrected chi connectivity index (χ0v) is 7.97. The molecule has 56 valence electrons. The topological polar surface area (TPSA) is 34.0 Å². The summed E-state index contributed by atoms with van der Waals surface area (Å²) >= 11 is 1.71. The number of rotatable bonds is 2. The van der Waals surface area contributed by atoms with E-state index in [-0.39, 0.29) is 5.41 Å². The summed E-state index contributed by atoms with van der Waals surface area (Å²) in [6.07, 6.45) is 1.70. The number of hydrogen-bond acceptors (Lipinski definition) is 3. The van der Waals surface area contributed by atoms with Crippen molar-refractivity contribution in [1.82, 2.24) is 0 Å². The summed E-state index contributed by atoms with van der Waals surface area (Å²) in [5.74, 6) is 0. The molecule has 0 fully saturated rings. The molecule has 0 heterocycles.